The average molecular weight is 375 g/mol. The Labute approximate surface area is 157 Å². The first kappa shape index (κ1) is 24.7. The van der Waals surface area contributed by atoms with Gasteiger partial charge in [0.05, 0.1) is 5.54 Å². The summed E-state index contributed by atoms with van der Waals surface area (Å²) in [5, 5.41) is 24.7. The molecular weight excluding hydrogens is 336 g/mol. The zero-order valence-electron chi connectivity index (χ0n) is 16.5. The van der Waals surface area contributed by atoms with Crippen LogP contribution in [0.15, 0.2) is 0 Å². The van der Waals surface area contributed by atoms with Gasteiger partial charge < -0.3 is 37.4 Å². The molecule has 8 N–H and O–H groups in total. The Morgan fingerprint density at radius 2 is 1.62 bits per heavy atom. The molecule has 0 saturated heterocycles. The maximum Gasteiger partial charge on any atom is 0.303 e. The van der Waals surface area contributed by atoms with Gasteiger partial charge in [-0.05, 0) is 27.3 Å². The van der Waals surface area contributed by atoms with Gasteiger partial charge in [-0.25, -0.2) is 0 Å². The lowest BCUT2D eigenvalue weighted by Crippen LogP contribution is -2.59. The largest absolute Gasteiger partial charge is 0.481 e. The monoisotopic (exact) mass is 374 g/mol. The molecule has 1 amide bonds. The van der Waals surface area contributed by atoms with Crippen LogP contribution in [-0.2, 0) is 9.59 Å². The van der Waals surface area contributed by atoms with Gasteiger partial charge in [0.2, 0.25) is 5.91 Å². The number of carboxylic acids is 1. The van der Waals surface area contributed by atoms with Gasteiger partial charge in [0.1, 0.15) is 0 Å². The van der Waals surface area contributed by atoms with Crippen LogP contribution in [-0.4, -0.2) is 81.4 Å². The summed E-state index contributed by atoms with van der Waals surface area (Å²) in [4.78, 5) is 22.7. The van der Waals surface area contributed by atoms with Crippen molar-refractivity contribution in [3.63, 3.8) is 0 Å². The first-order chi connectivity index (χ1) is 12.3. The minimum atomic E-state index is -0.879. The number of carbonyl (C=O) groups excluding carboxylic acids is 1. The number of aliphatic carboxylic acids is 1. The summed E-state index contributed by atoms with van der Waals surface area (Å²) in [6.07, 6.45) is 0.571. The van der Waals surface area contributed by atoms with Gasteiger partial charge in [0, 0.05) is 64.7 Å². The Morgan fingerprint density at radius 3 is 2.15 bits per heavy atom. The lowest BCUT2D eigenvalue weighted by Gasteiger charge is -2.32. The summed E-state index contributed by atoms with van der Waals surface area (Å²) >= 11 is 0. The van der Waals surface area contributed by atoms with E-state index in [-0.39, 0.29) is 24.8 Å². The van der Waals surface area contributed by atoms with Gasteiger partial charge in [-0.2, -0.15) is 0 Å². The lowest BCUT2D eigenvalue weighted by molar-refractivity contribution is -0.137. The minimum Gasteiger partial charge on any atom is -0.481 e. The van der Waals surface area contributed by atoms with Crippen molar-refractivity contribution in [1.29, 1.82) is 0 Å². The van der Waals surface area contributed by atoms with Crippen LogP contribution in [0.1, 0.15) is 33.1 Å². The van der Waals surface area contributed by atoms with E-state index in [1.54, 1.807) is 0 Å². The molecule has 0 fully saturated rings. The zero-order valence-corrected chi connectivity index (χ0v) is 16.5. The summed E-state index contributed by atoms with van der Waals surface area (Å²) in [5.74, 6) is -1.00. The topological polar surface area (TPSA) is 141 Å². The van der Waals surface area contributed by atoms with Crippen molar-refractivity contribution in [3.05, 3.63) is 0 Å². The molecule has 2 unspecified atom stereocenters. The third-order valence-corrected chi connectivity index (χ3v) is 3.76. The highest BCUT2D eigenvalue weighted by Crippen LogP contribution is 2.04. The molecular formula is C17H38N6O3. The van der Waals surface area contributed by atoms with E-state index >= 15 is 0 Å². The Bertz CT molecular complexity index is 395. The zero-order chi connectivity index (χ0) is 19.8. The van der Waals surface area contributed by atoms with Crippen molar-refractivity contribution in [2.24, 2.45) is 5.73 Å². The molecule has 0 aromatic carbocycles. The quantitative estimate of drug-likeness (QED) is 0.152. The van der Waals surface area contributed by atoms with E-state index < -0.39 is 11.5 Å². The molecule has 0 saturated carbocycles. The molecule has 0 bridgehead atoms. The summed E-state index contributed by atoms with van der Waals surface area (Å²) in [5.41, 5.74) is 5.24. The van der Waals surface area contributed by atoms with E-state index in [2.05, 4.69) is 26.6 Å². The number of nitrogens with two attached hydrogens (primary N) is 1. The summed E-state index contributed by atoms with van der Waals surface area (Å²) in [6, 6.07) is 0.127. The average Bonchev–Trinajstić information content (AvgIpc) is 2.54. The van der Waals surface area contributed by atoms with Gasteiger partial charge in [0.15, 0.2) is 0 Å². The minimum absolute atomic E-state index is 0.00797. The maximum absolute atomic E-state index is 12.1. The maximum atomic E-state index is 12.1. The van der Waals surface area contributed by atoms with E-state index in [0.29, 0.717) is 19.5 Å². The number of nitrogens with one attached hydrogen (secondary N) is 5. The molecule has 9 nitrogen and oxygen atoms in total. The van der Waals surface area contributed by atoms with Crippen LogP contribution >= 0.6 is 0 Å². The molecule has 0 aliphatic carbocycles. The van der Waals surface area contributed by atoms with Crippen molar-refractivity contribution >= 4 is 11.9 Å². The molecule has 0 heterocycles. The Kier molecular flexibility index (Phi) is 14.1. The molecule has 0 aliphatic rings. The number of likely N-dealkylation sites (N-methyl/N-ethyl adjacent to an activating group) is 1. The van der Waals surface area contributed by atoms with Gasteiger partial charge in [-0.15, -0.1) is 0 Å². The van der Waals surface area contributed by atoms with Gasteiger partial charge in [0.25, 0.3) is 0 Å². The van der Waals surface area contributed by atoms with Crippen molar-refractivity contribution in [3.8, 4) is 0 Å². The fourth-order valence-electron chi connectivity index (χ4n) is 2.40. The van der Waals surface area contributed by atoms with Crippen LogP contribution in [0.2, 0.25) is 0 Å². The van der Waals surface area contributed by atoms with Crippen LogP contribution < -0.4 is 32.3 Å². The van der Waals surface area contributed by atoms with E-state index in [1.807, 2.05) is 20.9 Å². The molecule has 0 spiro atoms. The third kappa shape index (κ3) is 15.0. The Hall–Kier alpha value is -1.26. The number of carboxylic acid groups (broad SMARTS) is 1. The van der Waals surface area contributed by atoms with E-state index in [0.717, 1.165) is 32.7 Å². The highest BCUT2D eigenvalue weighted by molar-refractivity contribution is 5.77. The standard InChI is InChI=1S/C17H38N6O3/c1-14(18)11-20-9-10-22-13-17(2,12-21-8-7-19-3)23-15(24)5-4-6-16(25)26/h14,19-22H,4-13,18H2,1-3H3,(H,23,24)(H,25,26). The van der Waals surface area contributed by atoms with Crippen molar-refractivity contribution in [1.82, 2.24) is 26.6 Å². The molecule has 0 aromatic rings. The number of hydrogen-bond acceptors (Lipinski definition) is 7. The van der Waals surface area contributed by atoms with E-state index in [4.69, 9.17) is 10.8 Å². The Morgan fingerprint density at radius 1 is 1.04 bits per heavy atom. The molecule has 0 radical (unpaired) electrons. The highest BCUT2D eigenvalue weighted by Gasteiger charge is 2.25. The van der Waals surface area contributed by atoms with Crippen LogP contribution in [0.4, 0.5) is 0 Å². The van der Waals surface area contributed by atoms with Gasteiger partial charge >= 0.3 is 5.97 Å². The van der Waals surface area contributed by atoms with Crippen LogP contribution in [0.25, 0.3) is 0 Å². The fourth-order valence-corrected chi connectivity index (χ4v) is 2.40. The predicted octanol–water partition coefficient (Wildman–Crippen LogP) is -1.55. The SMILES string of the molecule is CNCCNCC(C)(CNCCNCC(C)N)NC(=O)CCCC(=O)O. The smallest absolute Gasteiger partial charge is 0.303 e. The molecule has 2 atom stereocenters. The first-order valence-electron chi connectivity index (χ1n) is 9.34. The van der Waals surface area contributed by atoms with Crippen LogP contribution in [0, 0.1) is 0 Å². The normalized spacial score (nSPS) is 14.6. The third-order valence-electron chi connectivity index (χ3n) is 3.76. The molecule has 0 aliphatic heterocycles. The second-order valence-corrected chi connectivity index (χ2v) is 6.99. The van der Waals surface area contributed by atoms with E-state index in [9.17, 15) is 9.59 Å². The summed E-state index contributed by atoms with van der Waals surface area (Å²) < 4.78 is 0. The second kappa shape index (κ2) is 14.9. The fraction of sp³-hybridized carbons (Fsp3) is 0.882. The number of amides is 1. The lowest BCUT2D eigenvalue weighted by atomic mass is 10.0. The molecule has 26 heavy (non-hydrogen) atoms. The van der Waals surface area contributed by atoms with Crippen LogP contribution in [0.5, 0.6) is 0 Å². The second-order valence-electron chi connectivity index (χ2n) is 6.99. The summed E-state index contributed by atoms with van der Waals surface area (Å²) in [7, 11) is 1.89. The molecule has 0 rings (SSSR count). The first-order valence-corrected chi connectivity index (χ1v) is 9.34. The van der Waals surface area contributed by atoms with E-state index in [1.165, 1.54) is 0 Å². The van der Waals surface area contributed by atoms with Gasteiger partial charge in [-0.3, -0.25) is 9.59 Å². The number of carbonyl (C=O) groups is 2. The Balaban J connectivity index is 4.30. The summed E-state index contributed by atoms with van der Waals surface area (Å²) in [6.45, 7) is 9.17. The predicted molar refractivity (Wildman–Crippen MR) is 104 cm³/mol. The molecule has 154 valence electrons. The highest BCUT2D eigenvalue weighted by atomic mass is 16.4. The van der Waals surface area contributed by atoms with Gasteiger partial charge in [-0.1, -0.05) is 0 Å². The van der Waals surface area contributed by atoms with Crippen molar-refractivity contribution in [2.75, 3.05) is 52.9 Å². The molecule has 0 aromatic heterocycles. The molecule has 9 heteroatoms. The van der Waals surface area contributed by atoms with Crippen molar-refractivity contribution < 1.29 is 14.7 Å². The van der Waals surface area contributed by atoms with Crippen molar-refractivity contribution in [2.45, 2.75) is 44.7 Å². The number of rotatable bonds is 17. The van der Waals surface area contributed by atoms with Crippen LogP contribution in [0.3, 0.4) is 0 Å². The number of hydrogen-bond donors (Lipinski definition) is 7.